The molecule has 9 atom stereocenters. The molecular formula is C40H45I3N2O7. The predicted molar refractivity (Wildman–Crippen MR) is 225 cm³/mol. The Morgan fingerprint density at radius 3 is 2.25 bits per heavy atom. The van der Waals surface area contributed by atoms with Crippen LogP contribution < -0.4 is 9.47 Å². The summed E-state index contributed by atoms with van der Waals surface area (Å²) in [6.07, 6.45) is 13.0. The van der Waals surface area contributed by atoms with Gasteiger partial charge < -0.3 is 34.1 Å². The second kappa shape index (κ2) is 12.7. The number of halogens is 3. The van der Waals surface area contributed by atoms with Gasteiger partial charge in [0.05, 0.1) is 23.9 Å². The lowest BCUT2D eigenvalue weighted by atomic mass is 9.37. The fourth-order valence-electron chi connectivity index (χ4n) is 12.5. The Labute approximate surface area is 345 Å². The van der Waals surface area contributed by atoms with Crippen molar-refractivity contribution in [2.75, 3.05) is 41.4 Å². The number of benzene rings is 2. The van der Waals surface area contributed by atoms with Gasteiger partial charge in [-0.25, -0.2) is 0 Å². The minimum atomic E-state index is -0.770. The third-order valence-corrected chi connectivity index (χ3v) is 14.5. The normalized spacial score (nSPS) is 38.3. The number of phenolic OH excluding ortho intramolecular Hbond substituents is 2. The lowest BCUT2D eigenvalue weighted by Crippen LogP contribution is -2.79. The zero-order valence-electron chi connectivity index (χ0n) is 29.9. The van der Waals surface area contributed by atoms with Gasteiger partial charge in [-0.1, -0.05) is 30.4 Å². The van der Waals surface area contributed by atoms with Crippen LogP contribution in [-0.4, -0.2) is 97.1 Å². The van der Waals surface area contributed by atoms with Gasteiger partial charge in [0.25, 0.3) is 0 Å². The Kier molecular flexibility index (Phi) is 9.13. The molecule has 2 aromatic rings. The van der Waals surface area contributed by atoms with Crippen LogP contribution in [0.2, 0.25) is 0 Å². The SMILES string of the molecule is COC12C=CC3(CC1C(C)=O)C1Cc4ccc(O)c5c4C3(CCN1C)C2O5.COC1=CC=C2C3Cc4ccc(O)c5c4C2(CCN3C)C1O5.I.II. The van der Waals surface area contributed by atoms with Crippen molar-refractivity contribution in [3.63, 3.8) is 0 Å². The summed E-state index contributed by atoms with van der Waals surface area (Å²) in [6, 6.07) is 8.39. The molecule has 4 aliphatic heterocycles. The van der Waals surface area contributed by atoms with Gasteiger partial charge in [-0.05, 0) is 101 Å². The first-order chi connectivity index (χ1) is 24.6. The van der Waals surface area contributed by atoms with Gasteiger partial charge in [0.15, 0.2) is 29.1 Å². The highest BCUT2D eigenvalue weighted by Crippen LogP contribution is 2.74. The molecule has 1 saturated carbocycles. The van der Waals surface area contributed by atoms with Crippen LogP contribution in [0.25, 0.3) is 0 Å². The highest BCUT2D eigenvalue weighted by atomic mass is 128. The summed E-state index contributed by atoms with van der Waals surface area (Å²) in [4.78, 5) is 17.6. The van der Waals surface area contributed by atoms with E-state index in [0.717, 1.165) is 51.0 Å². The van der Waals surface area contributed by atoms with Crippen LogP contribution in [0.5, 0.6) is 23.0 Å². The predicted octanol–water partition coefficient (Wildman–Crippen LogP) is 6.71. The van der Waals surface area contributed by atoms with Crippen molar-refractivity contribution in [2.24, 2.45) is 11.3 Å². The standard InChI is InChI=1S/C22H25NO4.C18H19NO3.I2.HI/c1-12(24)14-11-20-6-7-22(14,26-3)19-21(20)8-9-23(2)16(20)10-13-4-5-15(25)18(27-19)17(13)21;1-19-8-7-18-11-4-6-14(21-2)17(18)22-16-13(20)5-3-10(15(16)18)9-12(11)19;1-2;/h4-7,14,16,19,25H,8-11H2,1-3H3;3-6,12,17,20H,7-9H2,1-2H3;;1H. The molecule has 2 saturated heterocycles. The molecule has 278 valence electrons. The van der Waals surface area contributed by atoms with Crippen LogP contribution in [-0.2, 0) is 37.9 Å². The van der Waals surface area contributed by atoms with Crippen molar-refractivity contribution >= 4 is 67.0 Å². The fourth-order valence-corrected chi connectivity index (χ4v) is 12.5. The highest BCUT2D eigenvalue weighted by molar-refractivity contribution is 15.0. The molecule has 0 amide bonds. The molecule has 6 bridgehead atoms. The fraction of sp³-hybridized carbons (Fsp3) is 0.525. The summed E-state index contributed by atoms with van der Waals surface area (Å²) >= 11 is 4.24. The van der Waals surface area contributed by atoms with Gasteiger partial charge >= 0.3 is 0 Å². The lowest BCUT2D eigenvalue weighted by molar-refractivity contribution is -0.212. The topological polar surface area (TPSA) is 101 Å². The number of carbonyl (C=O) groups is 1. The second-order valence-electron chi connectivity index (χ2n) is 15.9. The summed E-state index contributed by atoms with van der Waals surface area (Å²) in [5, 5.41) is 20.9. The summed E-state index contributed by atoms with van der Waals surface area (Å²) in [7, 11) is 7.79. The maximum absolute atomic E-state index is 12.7. The molecule has 10 aliphatic rings. The van der Waals surface area contributed by atoms with Gasteiger partial charge in [0.2, 0.25) is 0 Å². The molecule has 9 nitrogen and oxygen atoms in total. The number of carbonyl (C=O) groups excluding carboxylic acids is 1. The molecule has 4 heterocycles. The average Bonchev–Trinajstić information content (AvgIpc) is 3.70. The van der Waals surface area contributed by atoms with Crippen LogP contribution in [0.15, 0.2) is 59.9 Å². The van der Waals surface area contributed by atoms with Gasteiger partial charge in [0.1, 0.15) is 23.2 Å². The molecule has 12 rings (SSSR count). The summed E-state index contributed by atoms with van der Waals surface area (Å²) in [6.45, 7) is 3.70. The van der Waals surface area contributed by atoms with E-state index < -0.39 is 5.60 Å². The van der Waals surface area contributed by atoms with Crippen LogP contribution in [0.3, 0.4) is 0 Å². The molecular weight excluding hydrogens is 1000 g/mol. The number of piperidine rings is 2. The van der Waals surface area contributed by atoms with Gasteiger partial charge in [-0.2, -0.15) is 0 Å². The van der Waals surface area contributed by atoms with E-state index in [4.69, 9.17) is 18.9 Å². The number of likely N-dealkylation sites (N-methyl/N-ethyl adjacent to an activating group) is 2. The molecule has 6 aliphatic carbocycles. The maximum atomic E-state index is 12.7. The molecule has 12 heteroatoms. The van der Waals surface area contributed by atoms with E-state index >= 15 is 0 Å². The minimum absolute atomic E-state index is 0. The molecule has 52 heavy (non-hydrogen) atoms. The minimum Gasteiger partial charge on any atom is -0.504 e. The summed E-state index contributed by atoms with van der Waals surface area (Å²) in [5.74, 6) is 2.53. The molecule has 2 N–H and O–H groups in total. The van der Waals surface area contributed by atoms with Crippen molar-refractivity contribution in [3.8, 4) is 23.0 Å². The average molecular weight is 1050 g/mol. The molecule has 0 aromatic heterocycles. The van der Waals surface area contributed by atoms with Crippen molar-refractivity contribution in [1.82, 2.24) is 9.80 Å². The van der Waals surface area contributed by atoms with Crippen LogP contribution >= 0.6 is 61.2 Å². The number of hydrogen-bond donors (Lipinski definition) is 2. The third-order valence-electron chi connectivity index (χ3n) is 14.5. The number of rotatable bonds is 3. The van der Waals surface area contributed by atoms with Crippen LogP contribution in [0, 0.1) is 11.3 Å². The number of ketones is 1. The van der Waals surface area contributed by atoms with E-state index in [2.05, 4.69) is 91.5 Å². The number of fused-ring (bicyclic) bond motifs is 1. The first-order valence-corrected chi connectivity index (χ1v) is 24.2. The van der Waals surface area contributed by atoms with E-state index in [1.165, 1.54) is 27.8 Å². The van der Waals surface area contributed by atoms with Crippen molar-refractivity contribution < 1.29 is 34.0 Å². The summed E-state index contributed by atoms with van der Waals surface area (Å²) in [5.41, 5.74) is 5.08. The van der Waals surface area contributed by atoms with E-state index in [0.29, 0.717) is 23.6 Å². The quantitative estimate of drug-likeness (QED) is 0.257. The van der Waals surface area contributed by atoms with Gasteiger partial charge in [-0.3, -0.25) is 9.69 Å². The highest BCUT2D eigenvalue weighted by Gasteiger charge is 2.79. The zero-order chi connectivity index (χ0) is 35.8. The maximum Gasteiger partial charge on any atom is 0.169 e. The smallest absolute Gasteiger partial charge is 0.169 e. The number of likely N-dealkylation sites (tertiary alicyclic amines) is 2. The number of allylic oxidation sites excluding steroid dienone is 2. The monoisotopic (exact) mass is 1050 g/mol. The van der Waals surface area contributed by atoms with Crippen molar-refractivity contribution in [1.29, 1.82) is 0 Å². The lowest BCUT2D eigenvalue weighted by Gasteiger charge is -2.70. The first kappa shape index (κ1) is 37.3. The van der Waals surface area contributed by atoms with Crippen LogP contribution in [0.4, 0.5) is 0 Å². The molecule has 0 radical (unpaired) electrons. The number of ether oxygens (including phenoxy) is 4. The number of methoxy groups -OCH3 is 2. The molecule has 9 unspecified atom stereocenters. The number of hydrogen-bond acceptors (Lipinski definition) is 9. The molecule has 3 spiro atoms. The summed E-state index contributed by atoms with van der Waals surface area (Å²) < 4.78 is 24.5. The van der Waals surface area contributed by atoms with Crippen molar-refractivity contribution in [3.05, 3.63) is 82.2 Å². The zero-order valence-corrected chi connectivity index (χ0v) is 36.6. The Morgan fingerprint density at radius 1 is 0.904 bits per heavy atom. The van der Waals surface area contributed by atoms with Gasteiger partial charge in [-0.15, -0.1) is 24.0 Å². The Morgan fingerprint density at radius 2 is 1.58 bits per heavy atom. The van der Waals surface area contributed by atoms with Gasteiger partial charge in [0, 0.05) is 73.0 Å². The number of phenols is 2. The number of Topliss-reactive ketones (excluding diaryl/α,β-unsaturated/α-hetero) is 1. The third kappa shape index (κ3) is 4.28. The molecule has 2 aromatic carbocycles. The number of nitrogens with zero attached hydrogens (tertiary/aromatic N) is 2. The van der Waals surface area contributed by atoms with Crippen molar-refractivity contribution in [2.45, 2.75) is 79.8 Å². The van der Waals surface area contributed by atoms with E-state index in [-0.39, 0.29) is 75.6 Å². The van der Waals surface area contributed by atoms with E-state index in [1.54, 1.807) is 33.3 Å². The molecule has 3 fully saturated rings. The Balaban J connectivity index is 0.000000142. The largest absolute Gasteiger partial charge is 0.504 e. The first-order valence-electron chi connectivity index (χ1n) is 17.9. The second-order valence-corrected chi connectivity index (χ2v) is 15.9. The Hall–Kier alpha value is -1.60. The van der Waals surface area contributed by atoms with E-state index in [1.807, 2.05) is 6.08 Å². The van der Waals surface area contributed by atoms with E-state index in [9.17, 15) is 15.0 Å². The number of aromatic hydroxyl groups is 2. The van der Waals surface area contributed by atoms with Crippen LogP contribution in [0.1, 0.15) is 48.4 Å². The Bertz CT molecular complexity index is 1970.